The molecule has 0 aliphatic carbocycles. The van der Waals surface area contributed by atoms with Gasteiger partial charge < -0.3 is 19.6 Å². The molecule has 4 aromatic rings. The standard InChI is InChI=1S/C28H27F3N4O4/c1-13-6-14(29)7-20-15(13)10-21(32-20)26(37)34(5)23-12-35(27(38)39-28(2,3)4)11-22-24(23)16-8-18(30)19(31)9-17(16)25(36)33-22/h6-10,23,32H,11-12H2,1-5H3,(H,33,36). The number of pyridine rings is 1. The van der Waals surface area contributed by atoms with Gasteiger partial charge in [-0.15, -0.1) is 0 Å². The quantitative estimate of drug-likeness (QED) is 0.361. The fraction of sp³-hybridized carbons (Fsp3) is 0.321. The number of carbonyl (C=O) groups excluding carboxylic acids is 2. The summed E-state index contributed by atoms with van der Waals surface area (Å²) in [6, 6.07) is 5.13. The van der Waals surface area contributed by atoms with Crippen LogP contribution >= 0.6 is 0 Å². The molecule has 204 valence electrons. The number of nitrogens with one attached hydrogen (secondary N) is 2. The van der Waals surface area contributed by atoms with Crippen LogP contribution in [-0.4, -0.2) is 51.0 Å². The molecular weight excluding hydrogens is 513 g/mol. The Morgan fingerprint density at radius 1 is 1.00 bits per heavy atom. The molecule has 2 N–H and O–H groups in total. The minimum atomic E-state index is -1.18. The van der Waals surface area contributed by atoms with E-state index >= 15 is 0 Å². The molecule has 5 rings (SSSR count). The molecule has 2 amide bonds. The smallest absolute Gasteiger partial charge is 0.410 e. The van der Waals surface area contributed by atoms with E-state index in [9.17, 15) is 27.6 Å². The number of aromatic amines is 2. The van der Waals surface area contributed by atoms with Gasteiger partial charge in [0.1, 0.15) is 17.1 Å². The van der Waals surface area contributed by atoms with E-state index in [2.05, 4.69) is 9.97 Å². The van der Waals surface area contributed by atoms with E-state index in [1.54, 1.807) is 33.8 Å². The molecule has 3 heterocycles. The van der Waals surface area contributed by atoms with Gasteiger partial charge in [-0.3, -0.25) is 14.5 Å². The molecule has 1 atom stereocenters. The summed E-state index contributed by atoms with van der Waals surface area (Å²) in [5.41, 5.74) is 0.452. The van der Waals surface area contributed by atoms with E-state index in [1.807, 2.05) is 0 Å². The highest BCUT2D eigenvalue weighted by Gasteiger charge is 2.37. The lowest BCUT2D eigenvalue weighted by molar-refractivity contribution is 0.0142. The molecule has 1 unspecified atom stereocenters. The summed E-state index contributed by atoms with van der Waals surface area (Å²) in [7, 11) is 1.51. The normalized spacial score (nSPS) is 15.5. The summed E-state index contributed by atoms with van der Waals surface area (Å²) in [4.78, 5) is 47.9. The summed E-state index contributed by atoms with van der Waals surface area (Å²) >= 11 is 0. The van der Waals surface area contributed by atoms with Crippen LogP contribution in [0.3, 0.4) is 0 Å². The van der Waals surface area contributed by atoms with Gasteiger partial charge >= 0.3 is 6.09 Å². The Hall–Kier alpha value is -4.28. The molecule has 0 bridgehead atoms. The third-order valence-electron chi connectivity index (χ3n) is 6.84. The average molecular weight is 541 g/mol. The van der Waals surface area contributed by atoms with Crippen molar-refractivity contribution >= 4 is 33.7 Å². The maximum absolute atomic E-state index is 14.4. The van der Waals surface area contributed by atoms with Gasteiger partial charge in [0.15, 0.2) is 11.6 Å². The van der Waals surface area contributed by atoms with Crippen LogP contribution < -0.4 is 5.56 Å². The number of hydrogen-bond acceptors (Lipinski definition) is 4. The van der Waals surface area contributed by atoms with Gasteiger partial charge in [-0.05, 0) is 69.0 Å². The number of aryl methyl sites for hydroxylation is 1. The maximum atomic E-state index is 14.4. The van der Waals surface area contributed by atoms with Crippen molar-refractivity contribution in [2.45, 2.75) is 45.9 Å². The predicted molar refractivity (Wildman–Crippen MR) is 139 cm³/mol. The lowest BCUT2D eigenvalue weighted by Crippen LogP contribution is -2.47. The first-order chi connectivity index (χ1) is 18.2. The summed E-state index contributed by atoms with van der Waals surface area (Å²) in [5, 5.41) is 0.719. The summed E-state index contributed by atoms with van der Waals surface area (Å²) in [6.45, 7) is 6.75. The topological polar surface area (TPSA) is 98.5 Å². The van der Waals surface area contributed by atoms with Crippen LogP contribution in [0.1, 0.15) is 54.1 Å². The highest BCUT2D eigenvalue weighted by molar-refractivity contribution is 5.99. The van der Waals surface area contributed by atoms with Crippen LogP contribution in [0.25, 0.3) is 21.7 Å². The van der Waals surface area contributed by atoms with E-state index in [4.69, 9.17) is 4.74 Å². The third kappa shape index (κ3) is 4.73. The van der Waals surface area contributed by atoms with E-state index in [0.29, 0.717) is 22.0 Å². The largest absolute Gasteiger partial charge is 0.444 e. The minimum absolute atomic E-state index is 0.0435. The van der Waals surface area contributed by atoms with Gasteiger partial charge in [0.05, 0.1) is 18.0 Å². The number of fused-ring (bicyclic) bond motifs is 4. The van der Waals surface area contributed by atoms with E-state index in [1.165, 1.54) is 29.0 Å². The van der Waals surface area contributed by atoms with Crippen LogP contribution in [0, 0.1) is 24.4 Å². The van der Waals surface area contributed by atoms with Crippen LogP contribution in [0.5, 0.6) is 0 Å². The molecule has 0 fully saturated rings. The second kappa shape index (κ2) is 9.18. The molecule has 11 heteroatoms. The molecular formula is C28H27F3N4O4. The Balaban J connectivity index is 1.64. The number of aromatic nitrogens is 2. The molecule has 0 spiro atoms. The van der Waals surface area contributed by atoms with Gasteiger partial charge in [-0.2, -0.15) is 0 Å². The number of amides is 2. The second-order valence-corrected chi connectivity index (χ2v) is 10.8. The number of H-pyrrole nitrogens is 2. The van der Waals surface area contributed by atoms with E-state index in [-0.39, 0.29) is 35.2 Å². The van der Waals surface area contributed by atoms with Crippen molar-refractivity contribution in [3.63, 3.8) is 0 Å². The van der Waals surface area contributed by atoms with Gasteiger partial charge in [-0.25, -0.2) is 18.0 Å². The summed E-state index contributed by atoms with van der Waals surface area (Å²) in [5.74, 6) is -3.27. The van der Waals surface area contributed by atoms with Crippen molar-refractivity contribution in [3.05, 3.63) is 80.7 Å². The zero-order valence-corrected chi connectivity index (χ0v) is 22.0. The first-order valence-corrected chi connectivity index (χ1v) is 12.3. The van der Waals surface area contributed by atoms with E-state index in [0.717, 1.165) is 12.1 Å². The molecule has 0 saturated heterocycles. The minimum Gasteiger partial charge on any atom is -0.444 e. The van der Waals surface area contributed by atoms with Crippen molar-refractivity contribution in [1.29, 1.82) is 0 Å². The van der Waals surface area contributed by atoms with Crippen LogP contribution in [0.15, 0.2) is 35.1 Å². The second-order valence-electron chi connectivity index (χ2n) is 10.8. The van der Waals surface area contributed by atoms with Crippen LogP contribution in [0.2, 0.25) is 0 Å². The van der Waals surface area contributed by atoms with Crippen molar-refractivity contribution < 1.29 is 27.5 Å². The van der Waals surface area contributed by atoms with Gasteiger partial charge in [0.2, 0.25) is 0 Å². The predicted octanol–water partition coefficient (Wildman–Crippen LogP) is 5.30. The Morgan fingerprint density at radius 2 is 1.67 bits per heavy atom. The molecule has 1 aliphatic heterocycles. The molecule has 0 radical (unpaired) electrons. The number of benzene rings is 2. The highest BCUT2D eigenvalue weighted by atomic mass is 19.2. The van der Waals surface area contributed by atoms with Crippen molar-refractivity contribution in [3.8, 4) is 0 Å². The Labute approximate surface area is 221 Å². The van der Waals surface area contributed by atoms with Gasteiger partial charge in [0, 0.05) is 35.8 Å². The summed E-state index contributed by atoms with van der Waals surface area (Å²) in [6.07, 6.45) is -0.665. The Kier molecular flexibility index (Phi) is 6.20. The number of hydrogen-bond donors (Lipinski definition) is 2. The fourth-order valence-corrected chi connectivity index (χ4v) is 5.06. The average Bonchev–Trinajstić information content (AvgIpc) is 3.27. The molecule has 39 heavy (non-hydrogen) atoms. The fourth-order valence-electron chi connectivity index (χ4n) is 5.06. The lowest BCUT2D eigenvalue weighted by atomic mass is 9.92. The zero-order valence-electron chi connectivity index (χ0n) is 22.0. The molecule has 2 aromatic carbocycles. The number of nitrogens with zero attached hydrogens (tertiary/aromatic N) is 2. The lowest BCUT2D eigenvalue weighted by Gasteiger charge is -2.39. The first-order valence-electron chi connectivity index (χ1n) is 12.3. The van der Waals surface area contributed by atoms with Gasteiger partial charge in [0.25, 0.3) is 11.5 Å². The van der Waals surface area contributed by atoms with E-state index < -0.39 is 46.7 Å². The zero-order chi connectivity index (χ0) is 28.4. The molecule has 1 aliphatic rings. The third-order valence-corrected chi connectivity index (χ3v) is 6.84. The Morgan fingerprint density at radius 3 is 2.33 bits per heavy atom. The van der Waals surface area contributed by atoms with Crippen LogP contribution in [-0.2, 0) is 11.3 Å². The molecule has 2 aromatic heterocycles. The molecule has 0 saturated carbocycles. The molecule has 8 nitrogen and oxygen atoms in total. The number of carbonyl (C=O) groups is 2. The number of rotatable bonds is 2. The van der Waals surface area contributed by atoms with Gasteiger partial charge in [-0.1, -0.05) is 0 Å². The summed E-state index contributed by atoms with van der Waals surface area (Å²) < 4.78 is 47.9. The van der Waals surface area contributed by atoms with Crippen LogP contribution in [0.4, 0.5) is 18.0 Å². The highest BCUT2D eigenvalue weighted by Crippen LogP contribution is 2.36. The number of likely N-dealkylation sites (N-methyl/N-ethyl adjacent to an activating group) is 1. The number of halogens is 3. The van der Waals surface area contributed by atoms with Crippen molar-refractivity contribution in [2.75, 3.05) is 13.6 Å². The maximum Gasteiger partial charge on any atom is 0.410 e. The monoisotopic (exact) mass is 540 g/mol. The first kappa shape index (κ1) is 26.3. The SMILES string of the molecule is Cc1cc(F)cc2[nH]c(C(=O)N(C)C3CN(C(=O)OC(C)(C)C)Cc4[nH]c(=O)c5cc(F)c(F)cc5c43)cc12. The van der Waals surface area contributed by atoms with Crippen molar-refractivity contribution in [1.82, 2.24) is 19.8 Å². The number of ether oxygens (including phenoxy) is 1. The Bertz CT molecular complexity index is 1720. The van der Waals surface area contributed by atoms with Crippen molar-refractivity contribution in [2.24, 2.45) is 0 Å².